The minimum Gasteiger partial charge on any atom is -0.480 e. The highest BCUT2D eigenvalue weighted by molar-refractivity contribution is 6.40. The first-order valence-corrected chi connectivity index (χ1v) is 8.47. The van der Waals surface area contributed by atoms with Crippen molar-refractivity contribution in [3.05, 3.63) is 0 Å². The molecule has 0 aromatic heterocycles. The number of aliphatic carboxylic acids is 1. The van der Waals surface area contributed by atoms with Crippen LogP contribution in [0.25, 0.3) is 0 Å². The van der Waals surface area contributed by atoms with Gasteiger partial charge < -0.3 is 25.8 Å². The van der Waals surface area contributed by atoms with Crippen molar-refractivity contribution in [2.45, 2.75) is 57.8 Å². The second-order valence-corrected chi connectivity index (χ2v) is 6.70. The van der Waals surface area contributed by atoms with Crippen LogP contribution in [0.2, 0.25) is 6.32 Å². The number of carbonyl (C=O) groups is 1. The lowest BCUT2D eigenvalue weighted by Gasteiger charge is -2.25. The zero-order valence-electron chi connectivity index (χ0n) is 13.7. The fraction of sp³-hybridized carbons (Fsp3) is 0.933. The summed E-state index contributed by atoms with van der Waals surface area (Å²) in [6.07, 6.45) is 6.04. The van der Waals surface area contributed by atoms with Crippen molar-refractivity contribution in [3.8, 4) is 0 Å². The van der Waals surface area contributed by atoms with Gasteiger partial charge in [0, 0.05) is 0 Å². The largest absolute Gasteiger partial charge is 0.480 e. The lowest BCUT2D eigenvalue weighted by Crippen LogP contribution is -2.39. The summed E-state index contributed by atoms with van der Waals surface area (Å²) in [5, 5.41) is 27.0. The SMILES string of the molecule is C[C@H](CCB(O)O)CCC(CCN1CCCC1)C(N)C(=O)O. The van der Waals surface area contributed by atoms with Gasteiger partial charge in [-0.15, -0.1) is 0 Å². The Kier molecular flexibility index (Phi) is 9.01. The maximum atomic E-state index is 11.2. The van der Waals surface area contributed by atoms with E-state index in [9.17, 15) is 9.90 Å². The average molecular weight is 314 g/mol. The molecule has 0 aromatic carbocycles. The molecular formula is C15H31BN2O4. The van der Waals surface area contributed by atoms with E-state index >= 15 is 0 Å². The van der Waals surface area contributed by atoms with E-state index in [0.29, 0.717) is 12.2 Å². The van der Waals surface area contributed by atoms with Crippen molar-refractivity contribution in [1.29, 1.82) is 0 Å². The normalized spacial score (nSPS) is 19.8. The van der Waals surface area contributed by atoms with Gasteiger partial charge in [0.25, 0.3) is 0 Å². The van der Waals surface area contributed by atoms with Crippen molar-refractivity contribution >= 4 is 13.1 Å². The van der Waals surface area contributed by atoms with E-state index in [4.69, 9.17) is 15.8 Å². The summed E-state index contributed by atoms with van der Waals surface area (Å²) in [6, 6.07) is -0.807. The van der Waals surface area contributed by atoms with Crippen LogP contribution in [0.15, 0.2) is 0 Å². The summed E-state index contributed by atoms with van der Waals surface area (Å²) in [7, 11) is -1.25. The lowest BCUT2D eigenvalue weighted by molar-refractivity contribution is -0.140. The molecule has 1 aliphatic heterocycles. The molecule has 0 aliphatic carbocycles. The van der Waals surface area contributed by atoms with Gasteiger partial charge in [-0.05, 0) is 63.5 Å². The molecule has 0 amide bonds. The molecule has 0 saturated carbocycles. The van der Waals surface area contributed by atoms with E-state index in [0.717, 1.165) is 45.3 Å². The first-order chi connectivity index (χ1) is 10.4. The Bertz CT molecular complexity index is 325. The number of rotatable bonds is 11. The molecule has 128 valence electrons. The van der Waals surface area contributed by atoms with Crippen LogP contribution in [0.3, 0.4) is 0 Å². The molecule has 5 N–H and O–H groups in total. The first kappa shape index (κ1) is 19.4. The zero-order chi connectivity index (χ0) is 16.5. The standard InChI is InChI=1S/C15H31BN2O4/c1-12(6-8-16(21)22)4-5-13(14(17)15(19)20)7-11-18-9-2-3-10-18/h12-14,21-22H,2-11,17H2,1H3,(H,19,20)/t12-,13?,14?/m0/s1. The fourth-order valence-electron chi connectivity index (χ4n) is 3.14. The van der Waals surface area contributed by atoms with Gasteiger partial charge in [0.05, 0.1) is 0 Å². The first-order valence-electron chi connectivity index (χ1n) is 8.47. The quantitative estimate of drug-likeness (QED) is 0.420. The predicted molar refractivity (Wildman–Crippen MR) is 87.4 cm³/mol. The number of nitrogens with two attached hydrogens (primary N) is 1. The molecule has 0 spiro atoms. The Morgan fingerprint density at radius 3 is 2.36 bits per heavy atom. The second-order valence-electron chi connectivity index (χ2n) is 6.70. The molecule has 1 saturated heterocycles. The van der Waals surface area contributed by atoms with Crippen LogP contribution in [0, 0.1) is 11.8 Å². The Balaban J connectivity index is 2.38. The molecule has 0 radical (unpaired) electrons. The van der Waals surface area contributed by atoms with Crippen LogP contribution in [-0.2, 0) is 4.79 Å². The summed E-state index contributed by atoms with van der Waals surface area (Å²) in [5.41, 5.74) is 5.86. The van der Waals surface area contributed by atoms with E-state index in [1.54, 1.807) is 0 Å². The minimum atomic E-state index is -1.25. The lowest BCUT2D eigenvalue weighted by atomic mass is 9.79. The topological polar surface area (TPSA) is 107 Å². The van der Waals surface area contributed by atoms with Gasteiger partial charge in [0.1, 0.15) is 6.04 Å². The van der Waals surface area contributed by atoms with Crippen molar-refractivity contribution in [2.24, 2.45) is 17.6 Å². The van der Waals surface area contributed by atoms with Gasteiger partial charge >= 0.3 is 13.1 Å². The maximum absolute atomic E-state index is 11.2. The molecule has 3 atom stereocenters. The highest BCUT2D eigenvalue weighted by Gasteiger charge is 2.25. The Morgan fingerprint density at radius 1 is 1.18 bits per heavy atom. The molecule has 6 nitrogen and oxygen atoms in total. The maximum Gasteiger partial charge on any atom is 0.451 e. The van der Waals surface area contributed by atoms with Crippen LogP contribution < -0.4 is 5.73 Å². The third-order valence-electron chi connectivity index (χ3n) is 4.76. The Labute approximate surface area is 133 Å². The molecule has 1 heterocycles. The van der Waals surface area contributed by atoms with Crippen LogP contribution in [0.1, 0.15) is 45.4 Å². The predicted octanol–water partition coefficient (Wildman–Crippen LogP) is 0.780. The van der Waals surface area contributed by atoms with Crippen molar-refractivity contribution in [3.63, 3.8) is 0 Å². The van der Waals surface area contributed by atoms with Crippen molar-refractivity contribution in [2.75, 3.05) is 19.6 Å². The monoisotopic (exact) mass is 314 g/mol. The highest BCUT2D eigenvalue weighted by atomic mass is 16.4. The summed E-state index contributed by atoms with van der Waals surface area (Å²) in [6.45, 7) is 5.21. The smallest absolute Gasteiger partial charge is 0.451 e. The van der Waals surface area contributed by atoms with Gasteiger partial charge in [0.15, 0.2) is 0 Å². The van der Waals surface area contributed by atoms with Crippen LogP contribution in [-0.4, -0.2) is 58.8 Å². The minimum absolute atomic E-state index is 0.0143. The van der Waals surface area contributed by atoms with Gasteiger partial charge in [-0.1, -0.05) is 19.8 Å². The Hall–Kier alpha value is -0.625. The number of likely N-dealkylation sites (tertiary alicyclic amines) is 1. The van der Waals surface area contributed by atoms with Crippen molar-refractivity contribution in [1.82, 2.24) is 4.90 Å². The molecule has 1 fully saturated rings. The van der Waals surface area contributed by atoms with E-state index in [1.807, 2.05) is 0 Å². The molecule has 7 heteroatoms. The molecule has 2 unspecified atom stereocenters. The number of nitrogens with zero attached hydrogens (tertiary/aromatic N) is 1. The van der Waals surface area contributed by atoms with E-state index < -0.39 is 19.1 Å². The summed E-state index contributed by atoms with van der Waals surface area (Å²) in [5.74, 6) is -0.596. The van der Waals surface area contributed by atoms with E-state index in [1.165, 1.54) is 12.8 Å². The van der Waals surface area contributed by atoms with Gasteiger partial charge in [-0.2, -0.15) is 0 Å². The molecular weight excluding hydrogens is 283 g/mol. The third kappa shape index (κ3) is 7.58. The molecule has 1 aliphatic rings. The number of hydrogen-bond donors (Lipinski definition) is 4. The average Bonchev–Trinajstić information content (AvgIpc) is 2.97. The third-order valence-corrected chi connectivity index (χ3v) is 4.76. The fourth-order valence-corrected chi connectivity index (χ4v) is 3.14. The molecule has 0 bridgehead atoms. The van der Waals surface area contributed by atoms with Crippen LogP contribution in [0.4, 0.5) is 0 Å². The number of hydrogen-bond acceptors (Lipinski definition) is 5. The highest BCUT2D eigenvalue weighted by Crippen LogP contribution is 2.23. The number of carboxylic acids is 1. The summed E-state index contributed by atoms with van der Waals surface area (Å²) >= 11 is 0. The van der Waals surface area contributed by atoms with Gasteiger partial charge in [-0.25, -0.2) is 0 Å². The van der Waals surface area contributed by atoms with Gasteiger partial charge in [-0.3, -0.25) is 4.79 Å². The summed E-state index contributed by atoms with van der Waals surface area (Å²) < 4.78 is 0. The summed E-state index contributed by atoms with van der Waals surface area (Å²) in [4.78, 5) is 13.6. The Morgan fingerprint density at radius 2 is 1.82 bits per heavy atom. The van der Waals surface area contributed by atoms with Crippen LogP contribution in [0.5, 0.6) is 0 Å². The van der Waals surface area contributed by atoms with E-state index in [-0.39, 0.29) is 5.92 Å². The van der Waals surface area contributed by atoms with Crippen LogP contribution >= 0.6 is 0 Å². The second kappa shape index (κ2) is 10.2. The van der Waals surface area contributed by atoms with Crippen molar-refractivity contribution < 1.29 is 19.9 Å². The van der Waals surface area contributed by atoms with Gasteiger partial charge in [0.2, 0.25) is 0 Å². The number of carboxylic acid groups (broad SMARTS) is 1. The zero-order valence-corrected chi connectivity index (χ0v) is 13.7. The molecule has 22 heavy (non-hydrogen) atoms. The molecule has 1 rings (SSSR count). The van der Waals surface area contributed by atoms with E-state index in [2.05, 4.69) is 11.8 Å². The molecule has 0 aromatic rings.